The number of nitrogens with zero attached hydrogens (tertiary/aromatic N) is 1. The molecule has 5 heteroatoms. The van der Waals surface area contributed by atoms with Crippen molar-refractivity contribution in [2.24, 2.45) is 0 Å². The minimum atomic E-state index is -0.800. The maximum atomic E-state index is 14.1. The van der Waals surface area contributed by atoms with Gasteiger partial charge in [0.1, 0.15) is 17.2 Å². The topological polar surface area (TPSA) is 25.4 Å². The predicted octanol–water partition coefficient (Wildman–Crippen LogP) is 4.33. The third-order valence-electron chi connectivity index (χ3n) is 4.18. The number of hydrogen-bond donors (Lipinski definition) is 0. The first-order valence-corrected chi connectivity index (χ1v) is 7.38. The number of pyridine rings is 1. The molecule has 0 spiro atoms. The van der Waals surface area contributed by atoms with Crippen molar-refractivity contribution in [1.29, 1.82) is 0 Å². The number of epoxide rings is 1. The van der Waals surface area contributed by atoms with Crippen LogP contribution < -0.4 is 0 Å². The summed E-state index contributed by atoms with van der Waals surface area (Å²) in [6.45, 7) is 4.30. The quantitative estimate of drug-likeness (QED) is 0.767. The van der Waals surface area contributed by atoms with E-state index in [0.29, 0.717) is 12.2 Å². The van der Waals surface area contributed by atoms with Crippen LogP contribution in [0.2, 0.25) is 0 Å². The molecule has 1 aromatic heterocycles. The lowest BCUT2D eigenvalue weighted by Crippen LogP contribution is -2.36. The average Bonchev–Trinajstić information content (AvgIpc) is 3.21. The van der Waals surface area contributed by atoms with Gasteiger partial charge in [0.25, 0.3) is 0 Å². The van der Waals surface area contributed by atoms with Crippen molar-refractivity contribution < 1.29 is 13.5 Å². The van der Waals surface area contributed by atoms with Crippen LogP contribution in [-0.2, 0) is 15.8 Å². The first-order chi connectivity index (χ1) is 9.87. The fourth-order valence-electron chi connectivity index (χ4n) is 2.69. The fourth-order valence-corrected chi connectivity index (χ4v) is 2.93. The molecule has 110 valence electrons. The lowest BCUT2D eigenvalue weighted by atomic mass is 9.72. The largest absolute Gasteiger partial charge is 0.363 e. The van der Waals surface area contributed by atoms with Crippen LogP contribution in [0.3, 0.4) is 0 Å². The van der Waals surface area contributed by atoms with E-state index in [1.54, 1.807) is 6.20 Å². The third kappa shape index (κ3) is 2.28. The van der Waals surface area contributed by atoms with Crippen LogP contribution in [-0.4, -0.2) is 11.6 Å². The van der Waals surface area contributed by atoms with E-state index in [1.807, 2.05) is 26.0 Å². The van der Waals surface area contributed by atoms with Crippen molar-refractivity contribution in [2.45, 2.75) is 24.9 Å². The first kappa shape index (κ1) is 14.6. The Bertz CT molecular complexity index is 681. The van der Waals surface area contributed by atoms with Crippen molar-refractivity contribution in [3.05, 3.63) is 63.9 Å². The molecular weight excluding hydrogens is 340 g/mol. The molecular formula is C16H14BrF2NO. The summed E-state index contributed by atoms with van der Waals surface area (Å²) in [4.78, 5) is 4.41. The van der Waals surface area contributed by atoms with Crippen LogP contribution in [0.4, 0.5) is 8.78 Å². The smallest absolute Gasteiger partial charge is 0.132 e. The molecule has 1 aliphatic rings. The van der Waals surface area contributed by atoms with E-state index in [9.17, 15) is 8.78 Å². The molecule has 1 fully saturated rings. The standard InChI is InChI=1S/C16H14BrF2NO/c1-15(2,14-6-3-10(17)8-20-14)16(9-21-16)12-5-4-11(18)7-13(12)19/h3-8H,9H2,1-2H3. The van der Waals surface area contributed by atoms with Gasteiger partial charge in [0.15, 0.2) is 0 Å². The molecule has 0 radical (unpaired) electrons. The maximum Gasteiger partial charge on any atom is 0.132 e. The minimum Gasteiger partial charge on any atom is -0.363 e. The van der Waals surface area contributed by atoms with Gasteiger partial charge in [0, 0.05) is 33.4 Å². The Kier molecular flexibility index (Phi) is 3.37. The molecule has 1 atom stereocenters. The van der Waals surface area contributed by atoms with Gasteiger partial charge < -0.3 is 4.74 Å². The molecule has 1 aliphatic heterocycles. The summed E-state index contributed by atoms with van der Waals surface area (Å²) in [5.41, 5.74) is -0.164. The van der Waals surface area contributed by atoms with Gasteiger partial charge in [0.2, 0.25) is 0 Å². The zero-order chi connectivity index (χ0) is 15.3. The van der Waals surface area contributed by atoms with Crippen LogP contribution in [0.5, 0.6) is 0 Å². The number of ether oxygens (including phenoxy) is 1. The lowest BCUT2D eigenvalue weighted by molar-refractivity contribution is 0.196. The Hall–Kier alpha value is -1.33. The second-order valence-electron chi connectivity index (χ2n) is 5.73. The van der Waals surface area contributed by atoms with E-state index < -0.39 is 22.7 Å². The highest BCUT2D eigenvalue weighted by Gasteiger charge is 2.60. The highest BCUT2D eigenvalue weighted by molar-refractivity contribution is 9.10. The molecule has 1 unspecified atom stereocenters. The average molecular weight is 354 g/mol. The first-order valence-electron chi connectivity index (χ1n) is 6.58. The second kappa shape index (κ2) is 4.85. The Morgan fingerprint density at radius 2 is 1.95 bits per heavy atom. The zero-order valence-corrected chi connectivity index (χ0v) is 13.2. The summed E-state index contributed by atoms with van der Waals surface area (Å²) in [5.74, 6) is -1.18. The molecule has 21 heavy (non-hydrogen) atoms. The van der Waals surface area contributed by atoms with E-state index in [4.69, 9.17) is 4.74 Å². The monoisotopic (exact) mass is 353 g/mol. The molecule has 2 nitrogen and oxygen atoms in total. The van der Waals surface area contributed by atoms with E-state index in [-0.39, 0.29) is 0 Å². The Balaban J connectivity index is 2.06. The summed E-state index contributed by atoms with van der Waals surface area (Å²) < 4.78 is 33.8. The molecule has 1 saturated heterocycles. The van der Waals surface area contributed by atoms with Crippen molar-refractivity contribution >= 4 is 15.9 Å². The van der Waals surface area contributed by atoms with Crippen LogP contribution in [0, 0.1) is 11.6 Å². The summed E-state index contributed by atoms with van der Waals surface area (Å²) in [6.07, 6.45) is 1.70. The molecule has 3 rings (SSSR count). The molecule has 2 heterocycles. The highest BCUT2D eigenvalue weighted by atomic mass is 79.9. The Morgan fingerprint density at radius 3 is 2.48 bits per heavy atom. The van der Waals surface area contributed by atoms with Crippen LogP contribution >= 0.6 is 15.9 Å². The number of halogens is 3. The van der Waals surface area contributed by atoms with E-state index in [1.165, 1.54) is 12.1 Å². The molecule has 0 aliphatic carbocycles. The number of aromatic nitrogens is 1. The third-order valence-corrected chi connectivity index (χ3v) is 4.65. The molecule has 0 amide bonds. The molecule has 1 aromatic carbocycles. The van der Waals surface area contributed by atoms with E-state index in [2.05, 4.69) is 20.9 Å². The Morgan fingerprint density at radius 1 is 1.24 bits per heavy atom. The van der Waals surface area contributed by atoms with Crippen molar-refractivity contribution in [2.75, 3.05) is 6.61 Å². The molecule has 0 saturated carbocycles. The van der Waals surface area contributed by atoms with Gasteiger partial charge in [-0.3, -0.25) is 4.98 Å². The number of rotatable bonds is 3. The minimum absolute atomic E-state index is 0.374. The van der Waals surface area contributed by atoms with Gasteiger partial charge in [-0.2, -0.15) is 0 Å². The SMILES string of the molecule is CC(C)(c1ccc(Br)cn1)C1(c2ccc(F)cc2F)CO1. The van der Waals surface area contributed by atoms with Gasteiger partial charge in [-0.1, -0.05) is 19.9 Å². The highest BCUT2D eigenvalue weighted by Crippen LogP contribution is 2.54. The zero-order valence-electron chi connectivity index (χ0n) is 11.7. The van der Waals surface area contributed by atoms with Crippen LogP contribution in [0.25, 0.3) is 0 Å². The van der Waals surface area contributed by atoms with Crippen molar-refractivity contribution in [3.63, 3.8) is 0 Å². The fraction of sp³-hybridized carbons (Fsp3) is 0.312. The predicted molar refractivity (Wildman–Crippen MR) is 79.0 cm³/mol. The summed E-state index contributed by atoms with van der Waals surface area (Å²) in [5, 5.41) is 0. The summed E-state index contributed by atoms with van der Waals surface area (Å²) >= 11 is 3.35. The van der Waals surface area contributed by atoms with Crippen LogP contribution in [0.1, 0.15) is 25.1 Å². The van der Waals surface area contributed by atoms with Crippen LogP contribution in [0.15, 0.2) is 41.0 Å². The number of hydrogen-bond acceptors (Lipinski definition) is 2. The van der Waals surface area contributed by atoms with Gasteiger partial charge in [-0.25, -0.2) is 8.78 Å². The van der Waals surface area contributed by atoms with Crippen molar-refractivity contribution in [3.8, 4) is 0 Å². The van der Waals surface area contributed by atoms with Crippen molar-refractivity contribution in [1.82, 2.24) is 4.98 Å². The molecule has 0 N–H and O–H groups in total. The summed E-state index contributed by atoms with van der Waals surface area (Å²) in [6, 6.07) is 7.38. The van der Waals surface area contributed by atoms with Gasteiger partial charge in [0.05, 0.1) is 6.61 Å². The maximum absolute atomic E-state index is 14.1. The second-order valence-corrected chi connectivity index (χ2v) is 6.64. The van der Waals surface area contributed by atoms with Gasteiger partial charge >= 0.3 is 0 Å². The molecule has 2 aromatic rings. The summed E-state index contributed by atoms with van der Waals surface area (Å²) in [7, 11) is 0. The van der Waals surface area contributed by atoms with E-state index >= 15 is 0 Å². The Labute approximate surface area is 130 Å². The van der Waals surface area contributed by atoms with E-state index in [0.717, 1.165) is 16.2 Å². The molecule has 0 bridgehead atoms. The normalized spacial score (nSPS) is 21.4. The van der Waals surface area contributed by atoms with Gasteiger partial charge in [-0.15, -0.1) is 0 Å². The number of benzene rings is 1. The lowest BCUT2D eigenvalue weighted by Gasteiger charge is -2.32. The van der Waals surface area contributed by atoms with Gasteiger partial charge in [-0.05, 0) is 34.1 Å².